The number of benzene rings is 1. The van der Waals surface area contributed by atoms with Crippen LogP contribution in [0.5, 0.6) is 0 Å². The van der Waals surface area contributed by atoms with Crippen molar-refractivity contribution < 1.29 is 13.5 Å². The highest BCUT2D eigenvalue weighted by Gasteiger charge is 2.16. The number of halogens is 1. The number of nitrogens with zero attached hydrogens (tertiary/aromatic N) is 2. The molecule has 0 bridgehead atoms. The van der Waals surface area contributed by atoms with Gasteiger partial charge < -0.3 is 9.15 Å². The number of hydrogen-bond acceptors (Lipinski definition) is 4. The summed E-state index contributed by atoms with van der Waals surface area (Å²) in [5, 5.41) is 0. The molecule has 4 nitrogen and oxygen atoms in total. The van der Waals surface area contributed by atoms with E-state index in [1.165, 1.54) is 0 Å². The zero-order chi connectivity index (χ0) is 14.1. The normalized spacial score (nSPS) is 17.2. The number of rotatable bonds is 3. The van der Waals surface area contributed by atoms with Crippen LogP contribution in [0, 0.1) is 5.82 Å². The van der Waals surface area contributed by atoms with Gasteiger partial charge in [0.15, 0.2) is 17.3 Å². The second-order valence-electron chi connectivity index (χ2n) is 5.52. The first-order valence-corrected chi connectivity index (χ1v) is 7.02. The highest BCUT2D eigenvalue weighted by molar-refractivity contribution is 5.74. The van der Waals surface area contributed by atoms with Crippen molar-refractivity contribution >= 4 is 11.1 Å². The van der Waals surface area contributed by atoms with E-state index in [0.29, 0.717) is 11.4 Å². The monoisotopic (exact) mass is 278 g/mol. The fourth-order valence-corrected chi connectivity index (χ4v) is 2.42. The maximum atomic E-state index is 14.1. The Labute approximate surface area is 117 Å². The molecule has 0 spiro atoms. The third kappa shape index (κ3) is 2.69. The van der Waals surface area contributed by atoms with Gasteiger partial charge in [0.1, 0.15) is 5.52 Å². The second-order valence-corrected chi connectivity index (χ2v) is 5.52. The second kappa shape index (κ2) is 5.50. The Hall–Kier alpha value is -1.46. The van der Waals surface area contributed by atoms with Crippen LogP contribution in [-0.4, -0.2) is 36.2 Å². The van der Waals surface area contributed by atoms with Crippen molar-refractivity contribution in [1.29, 1.82) is 0 Å². The van der Waals surface area contributed by atoms with Crippen molar-refractivity contribution in [3.05, 3.63) is 29.4 Å². The van der Waals surface area contributed by atoms with E-state index in [-0.39, 0.29) is 17.3 Å². The summed E-state index contributed by atoms with van der Waals surface area (Å²) in [6.07, 6.45) is 0. The Balaban J connectivity index is 1.88. The molecular weight excluding hydrogens is 259 g/mol. The molecule has 0 radical (unpaired) electrons. The van der Waals surface area contributed by atoms with E-state index >= 15 is 0 Å². The first-order valence-electron chi connectivity index (χ1n) is 7.02. The van der Waals surface area contributed by atoms with Gasteiger partial charge in [-0.1, -0.05) is 13.8 Å². The van der Waals surface area contributed by atoms with Crippen molar-refractivity contribution in [2.45, 2.75) is 26.3 Å². The van der Waals surface area contributed by atoms with Crippen LogP contribution in [0.25, 0.3) is 11.1 Å². The lowest BCUT2D eigenvalue weighted by molar-refractivity contribution is 0.0342. The SMILES string of the molecule is CC(C)c1nc2cc(CN3CCOCC3)cc(F)c2o1. The topological polar surface area (TPSA) is 38.5 Å². The summed E-state index contributed by atoms with van der Waals surface area (Å²) >= 11 is 0. The number of morpholine rings is 1. The minimum atomic E-state index is -0.329. The molecule has 1 aromatic heterocycles. The Kier molecular flexibility index (Phi) is 3.72. The molecule has 0 saturated carbocycles. The lowest BCUT2D eigenvalue weighted by Gasteiger charge is -2.26. The summed E-state index contributed by atoms with van der Waals surface area (Å²) in [6.45, 7) is 7.94. The standard InChI is InChI=1S/C15H19FN2O2/c1-10(2)15-17-13-8-11(7-12(16)14(13)20-15)9-18-3-5-19-6-4-18/h7-8,10H,3-6,9H2,1-2H3. The van der Waals surface area contributed by atoms with Gasteiger partial charge in [-0.25, -0.2) is 9.37 Å². The molecule has 1 aliphatic rings. The molecule has 5 heteroatoms. The lowest BCUT2D eigenvalue weighted by atomic mass is 10.2. The van der Waals surface area contributed by atoms with Gasteiger partial charge in [0.05, 0.1) is 13.2 Å². The van der Waals surface area contributed by atoms with E-state index in [9.17, 15) is 4.39 Å². The fourth-order valence-electron chi connectivity index (χ4n) is 2.42. The Morgan fingerprint density at radius 3 is 2.75 bits per heavy atom. The molecule has 0 unspecified atom stereocenters. The minimum Gasteiger partial charge on any atom is -0.437 e. The highest BCUT2D eigenvalue weighted by Crippen LogP contribution is 2.25. The molecule has 3 rings (SSSR count). The maximum Gasteiger partial charge on any atom is 0.198 e. The first kappa shape index (κ1) is 13.5. The largest absolute Gasteiger partial charge is 0.437 e. The molecule has 1 aromatic carbocycles. The van der Waals surface area contributed by atoms with E-state index in [1.807, 2.05) is 19.9 Å². The third-order valence-electron chi connectivity index (χ3n) is 3.52. The van der Waals surface area contributed by atoms with E-state index in [0.717, 1.165) is 38.4 Å². The molecule has 0 N–H and O–H groups in total. The van der Waals surface area contributed by atoms with Gasteiger partial charge in [0.25, 0.3) is 0 Å². The highest BCUT2D eigenvalue weighted by atomic mass is 19.1. The quantitative estimate of drug-likeness (QED) is 0.865. The molecule has 1 aliphatic heterocycles. The van der Waals surface area contributed by atoms with Gasteiger partial charge in [-0.05, 0) is 17.7 Å². The van der Waals surface area contributed by atoms with Crippen LogP contribution in [0.4, 0.5) is 4.39 Å². The van der Waals surface area contributed by atoms with Gasteiger partial charge in [-0.15, -0.1) is 0 Å². The summed E-state index contributed by atoms with van der Waals surface area (Å²) in [4.78, 5) is 6.63. The van der Waals surface area contributed by atoms with Crippen molar-refractivity contribution in [3.8, 4) is 0 Å². The number of oxazole rings is 1. The summed E-state index contributed by atoms with van der Waals surface area (Å²) < 4.78 is 24.9. The van der Waals surface area contributed by atoms with Gasteiger partial charge >= 0.3 is 0 Å². The number of aromatic nitrogens is 1. The Morgan fingerprint density at radius 2 is 2.05 bits per heavy atom. The molecule has 0 atom stereocenters. The molecule has 108 valence electrons. The number of hydrogen-bond donors (Lipinski definition) is 0. The summed E-state index contributed by atoms with van der Waals surface area (Å²) in [5.74, 6) is 0.414. The van der Waals surface area contributed by atoms with E-state index < -0.39 is 0 Å². The van der Waals surface area contributed by atoms with E-state index in [2.05, 4.69) is 9.88 Å². The molecule has 20 heavy (non-hydrogen) atoms. The summed E-state index contributed by atoms with van der Waals surface area (Å²) in [5.41, 5.74) is 1.80. The molecule has 0 amide bonds. The molecule has 0 aliphatic carbocycles. The van der Waals surface area contributed by atoms with Crippen LogP contribution in [0.1, 0.15) is 31.2 Å². The van der Waals surface area contributed by atoms with Gasteiger partial charge in [0.2, 0.25) is 0 Å². The smallest absolute Gasteiger partial charge is 0.198 e. The molecular formula is C15H19FN2O2. The van der Waals surface area contributed by atoms with Crippen LogP contribution in [0.2, 0.25) is 0 Å². The van der Waals surface area contributed by atoms with Crippen molar-refractivity contribution in [2.75, 3.05) is 26.3 Å². The minimum absolute atomic E-state index is 0.157. The Bertz CT molecular complexity index is 603. The third-order valence-corrected chi connectivity index (χ3v) is 3.52. The molecule has 1 saturated heterocycles. The zero-order valence-electron chi connectivity index (χ0n) is 11.9. The van der Waals surface area contributed by atoms with Crippen LogP contribution >= 0.6 is 0 Å². The predicted octanol–water partition coefficient (Wildman–Crippen LogP) is 2.92. The fraction of sp³-hybridized carbons (Fsp3) is 0.533. The molecule has 1 fully saturated rings. The maximum absolute atomic E-state index is 14.1. The van der Waals surface area contributed by atoms with Crippen LogP contribution < -0.4 is 0 Å². The van der Waals surface area contributed by atoms with E-state index in [4.69, 9.17) is 9.15 Å². The van der Waals surface area contributed by atoms with Crippen molar-refractivity contribution in [1.82, 2.24) is 9.88 Å². The molecule has 2 aromatic rings. The zero-order valence-corrected chi connectivity index (χ0v) is 11.9. The molecule has 2 heterocycles. The Morgan fingerprint density at radius 1 is 1.30 bits per heavy atom. The number of fused-ring (bicyclic) bond motifs is 1. The number of ether oxygens (including phenoxy) is 1. The van der Waals surface area contributed by atoms with Crippen molar-refractivity contribution in [3.63, 3.8) is 0 Å². The van der Waals surface area contributed by atoms with Crippen LogP contribution in [0.15, 0.2) is 16.5 Å². The van der Waals surface area contributed by atoms with Gasteiger partial charge in [-0.2, -0.15) is 0 Å². The first-order chi connectivity index (χ1) is 9.63. The average molecular weight is 278 g/mol. The van der Waals surface area contributed by atoms with Gasteiger partial charge in [-0.3, -0.25) is 4.90 Å². The van der Waals surface area contributed by atoms with Crippen LogP contribution in [0.3, 0.4) is 0 Å². The summed E-state index contributed by atoms with van der Waals surface area (Å²) in [7, 11) is 0. The lowest BCUT2D eigenvalue weighted by Crippen LogP contribution is -2.35. The van der Waals surface area contributed by atoms with Crippen molar-refractivity contribution in [2.24, 2.45) is 0 Å². The predicted molar refractivity (Wildman–Crippen MR) is 74.2 cm³/mol. The van der Waals surface area contributed by atoms with Gasteiger partial charge in [0, 0.05) is 25.6 Å². The summed E-state index contributed by atoms with van der Waals surface area (Å²) in [6, 6.07) is 3.47. The average Bonchev–Trinajstić information content (AvgIpc) is 2.84. The van der Waals surface area contributed by atoms with Crippen LogP contribution in [-0.2, 0) is 11.3 Å². The van der Waals surface area contributed by atoms with E-state index in [1.54, 1.807) is 6.07 Å².